The molecule has 0 spiro atoms. The van der Waals surface area contributed by atoms with Crippen molar-refractivity contribution in [1.29, 1.82) is 0 Å². The molecule has 0 radical (unpaired) electrons. The summed E-state index contributed by atoms with van der Waals surface area (Å²) >= 11 is 0. The number of aryl methyl sites for hydroxylation is 1. The largest absolute Gasteiger partial charge is 0.394 e. The van der Waals surface area contributed by atoms with Crippen molar-refractivity contribution >= 4 is 10.1 Å². The fourth-order valence-electron chi connectivity index (χ4n) is 2.02. The Morgan fingerprint density at radius 3 is 2.55 bits per heavy atom. The molecule has 1 aliphatic rings. The number of aliphatic hydroxyl groups excluding tert-OH is 1. The van der Waals surface area contributed by atoms with Gasteiger partial charge in [0.2, 0.25) is 0 Å². The molecule has 0 aromatic heterocycles. The Kier molecular flexibility index (Phi) is 4.77. The fraction of sp³-hybridized carbons (Fsp3) is 0.538. The minimum atomic E-state index is -3.88. The highest BCUT2D eigenvalue weighted by Crippen LogP contribution is 2.27. The van der Waals surface area contributed by atoms with Gasteiger partial charge in [0.1, 0.15) is 12.2 Å². The van der Waals surface area contributed by atoms with E-state index in [-0.39, 0.29) is 17.9 Å². The molecule has 1 N–H and O–H groups in total. The number of hydrogen-bond donors (Lipinski definition) is 1. The van der Waals surface area contributed by atoms with Crippen LogP contribution in [0.2, 0.25) is 0 Å². The van der Waals surface area contributed by atoms with Crippen molar-refractivity contribution in [3.05, 3.63) is 29.8 Å². The first-order valence-corrected chi connectivity index (χ1v) is 7.66. The zero-order valence-electron chi connectivity index (χ0n) is 11.4. The van der Waals surface area contributed by atoms with Gasteiger partial charge in [-0.2, -0.15) is 8.42 Å². The Labute approximate surface area is 118 Å². The number of methoxy groups -OCH3 is 1. The van der Waals surface area contributed by atoms with Crippen LogP contribution in [0.3, 0.4) is 0 Å². The summed E-state index contributed by atoms with van der Waals surface area (Å²) in [4.78, 5) is 0.0839. The molecule has 6 nitrogen and oxygen atoms in total. The Bertz CT molecular complexity index is 538. The Morgan fingerprint density at radius 1 is 1.35 bits per heavy atom. The summed E-state index contributed by atoms with van der Waals surface area (Å²) in [7, 11) is -2.43. The number of aliphatic hydroxyl groups is 1. The minimum Gasteiger partial charge on any atom is -0.394 e. The molecule has 0 aliphatic carbocycles. The second-order valence-electron chi connectivity index (χ2n) is 4.66. The smallest absolute Gasteiger partial charge is 0.297 e. The van der Waals surface area contributed by atoms with E-state index in [1.165, 1.54) is 19.2 Å². The van der Waals surface area contributed by atoms with Crippen LogP contribution in [0.15, 0.2) is 29.2 Å². The van der Waals surface area contributed by atoms with Crippen molar-refractivity contribution in [1.82, 2.24) is 0 Å². The summed E-state index contributed by atoms with van der Waals surface area (Å²) in [6, 6.07) is 6.37. The minimum absolute atomic E-state index is 0.0839. The van der Waals surface area contributed by atoms with Crippen LogP contribution in [0.25, 0.3) is 0 Å². The van der Waals surface area contributed by atoms with Crippen LogP contribution in [0.4, 0.5) is 0 Å². The normalized spacial score (nSPS) is 26.9. The molecule has 1 fully saturated rings. The van der Waals surface area contributed by atoms with Crippen LogP contribution in [0.5, 0.6) is 0 Å². The van der Waals surface area contributed by atoms with Gasteiger partial charge in [-0.05, 0) is 19.1 Å². The summed E-state index contributed by atoms with van der Waals surface area (Å²) < 4.78 is 39.8. The molecule has 1 heterocycles. The third-order valence-corrected chi connectivity index (χ3v) is 4.52. The van der Waals surface area contributed by atoms with E-state index in [4.69, 9.17) is 13.7 Å². The predicted molar refractivity (Wildman–Crippen MR) is 70.6 cm³/mol. The number of hydrogen-bond acceptors (Lipinski definition) is 6. The third kappa shape index (κ3) is 3.36. The molecule has 1 aliphatic heterocycles. The van der Waals surface area contributed by atoms with E-state index in [0.29, 0.717) is 0 Å². The zero-order valence-corrected chi connectivity index (χ0v) is 12.2. The summed E-state index contributed by atoms with van der Waals surface area (Å²) in [5, 5.41) is 9.20. The monoisotopic (exact) mass is 302 g/mol. The van der Waals surface area contributed by atoms with Crippen LogP contribution >= 0.6 is 0 Å². The molecule has 0 saturated carbocycles. The highest BCUT2D eigenvalue weighted by atomic mass is 32.2. The number of ether oxygens (including phenoxy) is 2. The van der Waals surface area contributed by atoms with E-state index >= 15 is 0 Å². The summed E-state index contributed by atoms with van der Waals surface area (Å²) in [5.41, 5.74) is 0.959. The van der Waals surface area contributed by atoms with Gasteiger partial charge in [-0.15, -0.1) is 0 Å². The van der Waals surface area contributed by atoms with Gasteiger partial charge < -0.3 is 14.6 Å². The molecule has 1 aromatic carbocycles. The van der Waals surface area contributed by atoms with Crippen LogP contribution in [-0.4, -0.2) is 45.7 Å². The SMILES string of the molecule is CO[C@H]1C[C@H](OS(=O)(=O)c2ccc(C)cc2)[C@@H](CO)O1. The van der Waals surface area contributed by atoms with E-state index in [2.05, 4.69) is 0 Å². The molecule has 1 saturated heterocycles. The zero-order chi connectivity index (χ0) is 14.8. The maximum absolute atomic E-state index is 12.2. The van der Waals surface area contributed by atoms with Crippen LogP contribution in [0.1, 0.15) is 12.0 Å². The molecule has 0 bridgehead atoms. The standard InChI is InChI=1S/C13H18O6S/c1-9-3-5-10(6-4-9)20(15,16)19-11-7-13(17-2)18-12(11)8-14/h3-6,11-14H,7-8H2,1-2H3/t11-,12+,13+/m0/s1. The molecular formula is C13H18O6S. The van der Waals surface area contributed by atoms with E-state index in [9.17, 15) is 13.5 Å². The lowest BCUT2D eigenvalue weighted by molar-refractivity contribution is -0.126. The second-order valence-corrected chi connectivity index (χ2v) is 6.23. The lowest BCUT2D eigenvalue weighted by Gasteiger charge is -2.16. The molecule has 112 valence electrons. The molecular weight excluding hydrogens is 284 g/mol. The molecule has 7 heteroatoms. The van der Waals surface area contributed by atoms with Crippen molar-refractivity contribution in [2.24, 2.45) is 0 Å². The topological polar surface area (TPSA) is 82.1 Å². The van der Waals surface area contributed by atoms with Gasteiger partial charge >= 0.3 is 0 Å². The quantitative estimate of drug-likeness (QED) is 0.811. The third-order valence-electron chi connectivity index (χ3n) is 3.17. The first-order chi connectivity index (χ1) is 9.46. The highest BCUT2D eigenvalue weighted by molar-refractivity contribution is 7.86. The fourth-order valence-corrected chi connectivity index (χ4v) is 3.12. The van der Waals surface area contributed by atoms with E-state index in [1.807, 2.05) is 6.92 Å². The Hall–Kier alpha value is -0.990. The molecule has 2 rings (SSSR count). The first-order valence-electron chi connectivity index (χ1n) is 6.25. The van der Waals surface area contributed by atoms with Crippen molar-refractivity contribution in [2.75, 3.05) is 13.7 Å². The van der Waals surface area contributed by atoms with Gasteiger partial charge in [0.25, 0.3) is 10.1 Å². The lowest BCUT2D eigenvalue weighted by Crippen LogP contribution is -2.30. The molecule has 3 atom stereocenters. The van der Waals surface area contributed by atoms with E-state index < -0.39 is 28.6 Å². The maximum Gasteiger partial charge on any atom is 0.297 e. The van der Waals surface area contributed by atoms with E-state index in [1.54, 1.807) is 12.1 Å². The highest BCUT2D eigenvalue weighted by Gasteiger charge is 2.39. The van der Waals surface area contributed by atoms with E-state index in [0.717, 1.165) is 5.56 Å². The summed E-state index contributed by atoms with van der Waals surface area (Å²) in [6.45, 7) is 1.54. The van der Waals surface area contributed by atoms with Gasteiger partial charge in [-0.1, -0.05) is 17.7 Å². The van der Waals surface area contributed by atoms with Gasteiger partial charge in [-0.25, -0.2) is 0 Å². The number of rotatable bonds is 5. The van der Waals surface area contributed by atoms with Crippen molar-refractivity contribution in [3.8, 4) is 0 Å². The van der Waals surface area contributed by atoms with Gasteiger partial charge in [0.15, 0.2) is 6.29 Å². The van der Waals surface area contributed by atoms with Crippen LogP contribution < -0.4 is 0 Å². The van der Waals surface area contributed by atoms with Crippen molar-refractivity contribution in [2.45, 2.75) is 36.7 Å². The van der Waals surface area contributed by atoms with Crippen molar-refractivity contribution in [3.63, 3.8) is 0 Å². The Morgan fingerprint density at radius 2 is 2.00 bits per heavy atom. The number of benzene rings is 1. The second kappa shape index (κ2) is 6.19. The molecule has 1 aromatic rings. The lowest BCUT2D eigenvalue weighted by atomic mass is 10.2. The van der Waals surface area contributed by atoms with Gasteiger partial charge in [0.05, 0.1) is 11.5 Å². The summed E-state index contributed by atoms with van der Waals surface area (Å²) in [6.07, 6.45) is -1.77. The van der Waals surface area contributed by atoms with Gasteiger partial charge in [-0.3, -0.25) is 4.18 Å². The average molecular weight is 302 g/mol. The molecule has 20 heavy (non-hydrogen) atoms. The first kappa shape index (κ1) is 15.4. The van der Waals surface area contributed by atoms with Gasteiger partial charge in [0, 0.05) is 13.5 Å². The maximum atomic E-state index is 12.2. The summed E-state index contributed by atoms with van der Waals surface area (Å²) in [5.74, 6) is 0. The van der Waals surface area contributed by atoms with Crippen LogP contribution in [-0.2, 0) is 23.8 Å². The molecule has 0 unspecified atom stereocenters. The average Bonchev–Trinajstić information content (AvgIpc) is 2.80. The van der Waals surface area contributed by atoms with Crippen LogP contribution in [0, 0.1) is 6.92 Å². The van der Waals surface area contributed by atoms with Crippen molar-refractivity contribution < 1.29 is 27.2 Å². The predicted octanol–water partition coefficient (Wildman–Crippen LogP) is 0.823. The Balaban J connectivity index is 2.13. The molecule has 0 amide bonds.